The molecule has 0 saturated heterocycles. The molecule has 0 unspecified atom stereocenters. The van der Waals surface area contributed by atoms with E-state index in [0.717, 1.165) is 26.5 Å². The Balaban J connectivity index is 1.90. The molecule has 0 spiro atoms. The minimum atomic E-state index is -0.232. The number of thiazole rings is 1. The van der Waals surface area contributed by atoms with Crippen molar-refractivity contribution >= 4 is 33.1 Å². The van der Waals surface area contributed by atoms with Gasteiger partial charge in [0.05, 0.1) is 15.2 Å². The van der Waals surface area contributed by atoms with E-state index in [1.807, 2.05) is 39.0 Å². The molecule has 5 nitrogen and oxygen atoms in total. The van der Waals surface area contributed by atoms with E-state index in [9.17, 15) is 4.79 Å². The van der Waals surface area contributed by atoms with E-state index in [1.165, 1.54) is 6.33 Å². The van der Waals surface area contributed by atoms with E-state index in [4.69, 9.17) is 0 Å². The summed E-state index contributed by atoms with van der Waals surface area (Å²) in [5.74, 6) is -0.232. The number of aromatic nitrogens is 3. The number of carbonyl (C=O) groups excluding carboxylic acids is 1. The fraction of sp³-hybridized carbons (Fsp3) is 0.200. The van der Waals surface area contributed by atoms with Crippen molar-refractivity contribution < 1.29 is 4.79 Å². The van der Waals surface area contributed by atoms with Gasteiger partial charge in [-0.05, 0) is 39.0 Å². The van der Waals surface area contributed by atoms with Crippen molar-refractivity contribution in [3.8, 4) is 0 Å². The number of amides is 1. The van der Waals surface area contributed by atoms with Crippen LogP contribution in [0.15, 0.2) is 24.5 Å². The highest BCUT2D eigenvalue weighted by Gasteiger charge is 2.13. The number of aryl methyl sites for hydroxylation is 2. The quantitative estimate of drug-likeness (QED) is 0.788. The lowest BCUT2D eigenvalue weighted by atomic mass is 10.2. The van der Waals surface area contributed by atoms with Gasteiger partial charge in [-0.2, -0.15) is 0 Å². The zero-order valence-corrected chi connectivity index (χ0v) is 12.8. The lowest BCUT2D eigenvalue weighted by Gasteiger charge is -2.07. The molecule has 3 aromatic rings. The first-order valence-corrected chi connectivity index (χ1v) is 7.33. The number of carbonyl (C=O) groups is 1. The molecule has 106 valence electrons. The SMILES string of the molecule is Cc1nc2cc(NC(=O)c3ncnc(C)c3C)ccc2s1. The van der Waals surface area contributed by atoms with Gasteiger partial charge in [-0.1, -0.05) is 0 Å². The summed E-state index contributed by atoms with van der Waals surface area (Å²) in [6, 6.07) is 5.72. The lowest BCUT2D eigenvalue weighted by Crippen LogP contribution is -2.16. The minimum absolute atomic E-state index is 0.232. The molecular formula is C15H14N4OS. The summed E-state index contributed by atoms with van der Waals surface area (Å²) in [6.45, 7) is 5.67. The third-order valence-corrected chi connectivity index (χ3v) is 4.26. The van der Waals surface area contributed by atoms with E-state index >= 15 is 0 Å². The number of fused-ring (bicyclic) bond motifs is 1. The Kier molecular flexibility index (Phi) is 3.39. The summed E-state index contributed by atoms with van der Waals surface area (Å²) < 4.78 is 1.11. The van der Waals surface area contributed by atoms with Crippen LogP contribution < -0.4 is 5.32 Å². The molecule has 0 saturated carbocycles. The summed E-state index contributed by atoms with van der Waals surface area (Å²) in [5.41, 5.74) is 3.61. The third-order valence-electron chi connectivity index (χ3n) is 3.30. The van der Waals surface area contributed by atoms with Gasteiger partial charge >= 0.3 is 0 Å². The summed E-state index contributed by atoms with van der Waals surface area (Å²) in [5, 5.41) is 3.87. The van der Waals surface area contributed by atoms with Crippen LogP contribution in [0.5, 0.6) is 0 Å². The molecule has 0 fully saturated rings. The van der Waals surface area contributed by atoms with Crippen molar-refractivity contribution in [1.29, 1.82) is 0 Å². The second-order valence-electron chi connectivity index (χ2n) is 4.80. The molecule has 0 aliphatic carbocycles. The molecule has 1 aromatic carbocycles. The number of rotatable bonds is 2. The molecule has 0 radical (unpaired) electrons. The summed E-state index contributed by atoms with van der Waals surface area (Å²) in [7, 11) is 0. The number of anilines is 1. The Morgan fingerprint density at radius 1 is 1.19 bits per heavy atom. The summed E-state index contributed by atoms with van der Waals surface area (Å²) in [6.07, 6.45) is 1.41. The summed E-state index contributed by atoms with van der Waals surface area (Å²) >= 11 is 1.64. The normalized spacial score (nSPS) is 10.8. The Labute approximate surface area is 126 Å². The highest BCUT2D eigenvalue weighted by atomic mass is 32.1. The fourth-order valence-corrected chi connectivity index (χ4v) is 2.89. The fourth-order valence-electron chi connectivity index (χ4n) is 2.08. The van der Waals surface area contributed by atoms with Crippen LogP contribution in [0.25, 0.3) is 10.2 Å². The summed E-state index contributed by atoms with van der Waals surface area (Å²) in [4.78, 5) is 24.9. The number of nitrogens with one attached hydrogen (secondary N) is 1. The number of hydrogen-bond donors (Lipinski definition) is 1. The molecular weight excluding hydrogens is 284 g/mol. The molecule has 0 aliphatic rings. The molecule has 2 aromatic heterocycles. The van der Waals surface area contributed by atoms with Crippen molar-refractivity contribution in [3.05, 3.63) is 46.5 Å². The highest BCUT2D eigenvalue weighted by Crippen LogP contribution is 2.24. The third kappa shape index (κ3) is 2.62. The number of hydrogen-bond acceptors (Lipinski definition) is 5. The van der Waals surface area contributed by atoms with Crippen LogP contribution in [0.1, 0.15) is 26.8 Å². The van der Waals surface area contributed by atoms with Crippen molar-refractivity contribution in [2.75, 3.05) is 5.32 Å². The van der Waals surface area contributed by atoms with E-state index in [2.05, 4.69) is 20.3 Å². The first-order valence-electron chi connectivity index (χ1n) is 6.51. The first-order chi connectivity index (χ1) is 10.0. The van der Waals surface area contributed by atoms with Crippen LogP contribution in [-0.4, -0.2) is 20.9 Å². The Bertz CT molecular complexity index is 841. The average Bonchev–Trinajstić information content (AvgIpc) is 2.81. The topological polar surface area (TPSA) is 67.8 Å². The molecule has 3 rings (SSSR count). The zero-order chi connectivity index (χ0) is 15.0. The van der Waals surface area contributed by atoms with Crippen LogP contribution in [0.4, 0.5) is 5.69 Å². The van der Waals surface area contributed by atoms with Crippen LogP contribution in [0.2, 0.25) is 0 Å². The maximum absolute atomic E-state index is 12.3. The Morgan fingerprint density at radius 2 is 2.00 bits per heavy atom. The van der Waals surface area contributed by atoms with E-state index in [1.54, 1.807) is 11.3 Å². The monoisotopic (exact) mass is 298 g/mol. The van der Waals surface area contributed by atoms with Crippen molar-refractivity contribution in [1.82, 2.24) is 15.0 Å². The average molecular weight is 298 g/mol. The van der Waals surface area contributed by atoms with Crippen LogP contribution in [0, 0.1) is 20.8 Å². The largest absolute Gasteiger partial charge is 0.321 e. The molecule has 1 N–H and O–H groups in total. The van der Waals surface area contributed by atoms with Gasteiger partial charge in [0, 0.05) is 16.9 Å². The van der Waals surface area contributed by atoms with Gasteiger partial charge < -0.3 is 5.32 Å². The van der Waals surface area contributed by atoms with Crippen molar-refractivity contribution in [2.24, 2.45) is 0 Å². The Hall–Kier alpha value is -2.34. The highest BCUT2D eigenvalue weighted by molar-refractivity contribution is 7.18. The molecule has 0 atom stereocenters. The van der Waals surface area contributed by atoms with Gasteiger partial charge in [0.2, 0.25) is 0 Å². The van der Waals surface area contributed by atoms with Crippen LogP contribution in [0.3, 0.4) is 0 Å². The molecule has 0 aliphatic heterocycles. The van der Waals surface area contributed by atoms with Gasteiger partial charge in [-0.3, -0.25) is 4.79 Å². The van der Waals surface area contributed by atoms with Crippen LogP contribution in [-0.2, 0) is 0 Å². The molecule has 21 heavy (non-hydrogen) atoms. The maximum atomic E-state index is 12.3. The Morgan fingerprint density at radius 3 is 2.81 bits per heavy atom. The first kappa shape index (κ1) is 13.6. The molecule has 6 heteroatoms. The zero-order valence-electron chi connectivity index (χ0n) is 12.0. The van der Waals surface area contributed by atoms with Crippen LogP contribution >= 0.6 is 11.3 Å². The maximum Gasteiger partial charge on any atom is 0.274 e. The lowest BCUT2D eigenvalue weighted by molar-refractivity contribution is 0.102. The standard InChI is InChI=1S/C15H14N4OS/c1-8-9(2)16-7-17-14(8)15(20)19-11-4-5-13-12(6-11)18-10(3)21-13/h4-7H,1-3H3,(H,19,20). The predicted octanol–water partition coefficient (Wildman–Crippen LogP) is 3.26. The van der Waals surface area contributed by atoms with Gasteiger partial charge in [0.25, 0.3) is 5.91 Å². The minimum Gasteiger partial charge on any atom is -0.321 e. The van der Waals surface area contributed by atoms with Gasteiger partial charge in [-0.25, -0.2) is 15.0 Å². The van der Waals surface area contributed by atoms with Crippen molar-refractivity contribution in [2.45, 2.75) is 20.8 Å². The molecule has 2 heterocycles. The van der Waals surface area contributed by atoms with Gasteiger partial charge in [0.1, 0.15) is 12.0 Å². The van der Waals surface area contributed by atoms with E-state index in [0.29, 0.717) is 11.4 Å². The van der Waals surface area contributed by atoms with Gasteiger partial charge in [0.15, 0.2) is 0 Å². The van der Waals surface area contributed by atoms with Gasteiger partial charge in [-0.15, -0.1) is 11.3 Å². The predicted molar refractivity (Wildman–Crippen MR) is 83.8 cm³/mol. The van der Waals surface area contributed by atoms with E-state index < -0.39 is 0 Å². The second-order valence-corrected chi connectivity index (χ2v) is 6.04. The smallest absolute Gasteiger partial charge is 0.274 e. The molecule has 0 bridgehead atoms. The van der Waals surface area contributed by atoms with E-state index in [-0.39, 0.29) is 5.91 Å². The number of benzene rings is 1. The molecule has 1 amide bonds. The second kappa shape index (κ2) is 5.21. The number of nitrogens with zero attached hydrogens (tertiary/aromatic N) is 3. The van der Waals surface area contributed by atoms with Crippen molar-refractivity contribution in [3.63, 3.8) is 0 Å².